The average molecular weight is 247 g/mol. The van der Waals surface area contributed by atoms with E-state index < -0.39 is 0 Å². The molecule has 0 saturated heterocycles. The number of benzene rings is 1. The van der Waals surface area contributed by atoms with Crippen molar-refractivity contribution in [2.75, 3.05) is 19.5 Å². The lowest BCUT2D eigenvalue weighted by molar-refractivity contribution is 0.318. The predicted molar refractivity (Wildman–Crippen MR) is 69.8 cm³/mol. The summed E-state index contributed by atoms with van der Waals surface area (Å²) in [4.78, 5) is 0. The Labute approximate surface area is 106 Å². The van der Waals surface area contributed by atoms with Crippen LogP contribution >= 0.6 is 0 Å². The molecule has 0 aliphatic rings. The van der Waals surface area contributed by atoms with E-state index in [1.807, 2.05) is 23.9 Å². The second kappa shape index (κ2) is 5.44. The van der Waals surface area contributed by atoms with Crippen LogP contribution in [0.1, 0.15) is 5.69 Å². The summed E-state index contributed by atoms with van der Waals surface area (Å²) in [6.45, 7) is 0.589. The van der Waals surface area contributed by atoms with Crippen molar-refractivity contribution in [1.82, 2.24) is 9.78 Å². The number of hydrogen-bond acceptors (Lipinski definition) is 4. The lowest BCUT2D eigenvalue weighted by Gasteiger charge is -2.09. The topological polar surface area (TPSA) is 62.3 Å². The first-order chi connectivity index (χ1) is 8.70. The summed E-state index contributed by atoms with van der Waals surface area (Å²) in [5, 5.41) is 4.10. The Hall–Kier alpha value is -2.17. The summed E-state index contributed by atoms with van der Waals surface area (Å²) in [6, 6.07) is 7.39. The van der Waals surface area contributed by atoms with Gasteiger partial charge in [-0.3, -0.25) is 4.68 Å². The van der Waals surface area contributed by atoms with Gasteiger partial charge in [-0.05, 0) is 18.2 Å². The molecule has 0 aliphatic carbocycles. The minimum atomic E-state index is 0.579. The zero-order valence-corrected chi connectivity index (χ0v) is 10.6. The molecule has 0 aliphatic heterocycles. The maximum Gasteiger partial charge on any atom is 0.142 e. The van der Waals surface area contributed by atoms with Gasteiger partial charge in [0.15, 0.2) is 0 Å². The number of rotatable bonds is 5. The average Bonchev–Trinajstić information content (AvgIpc) is 2.75. The normalized spacial score (nSPS) is 10.3. The van der Waals surface area contributed by atoms with Crippen LogP contribution in [-0.2, 0) is 13.5 Å². The number of nitrogens with two attached hydrogens (primary N) is 1. The highest BCUT2D eigenvalue weighted by molar-refractivity contribution is 5.56. The van der Waals surface area contributed by atoms with Gasteiger partial charge >= 0.3 is 0 Å². The molecular formula is C13H17N3O2. The molecule has 5 heteroatoms. The first kappa shape index (κ1) is 12.3. The molecule has 2 aromatic rings. The first-order valence-corrected chi connectivity index (χ1v) is 5.74. The van der Waals surface area contributed by atoms with E-state index in [4.69, 9.17) is 15.2 Å². The lowest BCUT2D eigenvalue weighted by Crippen LogP contribution is -2.06. The van der Waals surface area contributed by atoms with Crippen molar-refractivity contribution in [3.63, 3.8) is 0 Å². The zero-order valence-electron chi connectivity index (χ0n) is 10.6. The van der Waals surface area contributed by atoms with Gasteiger partial charge in [0.2, 0.25) is 0 Å². The molecule has 0 fully saturated rings. The van der Waals surface area contributed by atoms with Gasteiger partial charge in [-0.1, -0.05) is 0 Å². The number of nitrogens with zero attached hydrogens (tertiary/aromatic N) is 2. The maximum absolute atomic E-state index is 5.80. The smallest absolute Gasteiger partial charge is 0.142 e. The molecule has 0 radical (unpaired) electrons. The molecule has 96 valence electrons. The molecule has 0 atom stereocenters. The Kier molecular flexibility index (Phi) is 3.72. The fraction of sp³-hybridized carbons (Fsp3) is 0.308. The molecule has 1 heterocycles. The Bertz CT molecular complexity index is 523. The molecule has 0 unspecified atom stereocenters. The summed E-state index contributed by atoms with van der Waals surface area (Å²) < 4.78 is 12.6. The molecule has 0 spiro atoms. The van der Waals surface area contributed by atoms with Crippen LogP contribution in [0.3, 0.4) is 0 Å². The molecule has 0 amide bonds. The highest BCUT2D eigenvalue weighted by Gasteiger charge is 2.02. The highest BCUT2D eigenvalue weighted by Crippen LogP contribution is 2.25. The minimum Gasteiger partial charge on any atom is -0.495 e. The van der Waals surface area contributed by atoms with Crippen molar-refractivity contribution in [2.45, 2.75) is 6.42 Å². The summed E-state index contributed by atoms with van der Waals surface area (Å²) in [5.74, 6) is 1.41. The van der Waals surface area contributed by atoms with Crippen LogP contribution in [0, 0.1) is 0 Å². The molecular weight excluding hydrogens is 230 g/mol. The van der Waals surface area contributed by atoms with E-state index in [0.717, 1.165) is 17.9 Å². The third-order valence-corrected chi connectivity index (χ3v) is 2.75. The number of methoxy groups -OCH3 is 1. The van der Waals surface area contributed by atoms with E-state index in [0.29, 0.717) is 18.0 Å². The third-order valence-electron chi connectivity index (χ3n) is 2.75. The molecule has 5 nitrogen and oxygen atoms in total. The van der Waals surface area contributed by atoms with Crippen LogP contribution in [-0.4, -0.2) is 23.5 Å². The maximum atomic E-state index is 5.80. The van der Waals surface area contributed by atoms with E-state index in [1.165, 1.54) is 0 Å². The van der Waals surface area contributed by atoms with Crippen LogP contribution in [0.15, 0.2) is 30.5 Å². The molecule has 18 heavy (non-hydrogen) atoms. The van der Waals surface area contributed by atoms with Crippen molar-refractivity contribution in [1.29, 1.82) is 0 Å². The number of nitrogen functional groups attached to an aromatic ring is 1. The second-order valence-electron chi connectivity index (χ2n) is 3.95. The van der Waals surface area contributed by atoms with Gasteiger partial charge in [0.1, 0.15) is 11.5 Å². The minimum absolute atomic E-state index is 0.579. The van der Waals surface area contributed by atoms with Gasteiger partial charge in [-0.2, -0.15) is 5.10 Å². The molecule has 2 rings (SSSR count). The van der Waals surface area contributed by atoms with Gasteiger partial charge in [-0.15, -0.1) is 0 Å². The predicted octanol–water partition coefficient (Wildman–Crippen LogP) is 1.63. The summed E-state index contributed by atoms with van der Waals surface area (Å²) in [5.41, 5.74) is 7.52. The van der Waals surface area contributed by atoms with E-state index >= 15 is 0 Å². The standard InChI is InChI=1S/C13H17N3O2/c1-16-10(5-7-15-16)6-8-18-11-3-4-13(17-2)12(14)9-11/h3-5,7,9H,6,8,14H2,1-2H3. The van der Waals surface area contributed by atoms with E-state index in [-0.39, 0.29) is 0 Å². The largest absolute Gasteiger partial charge is 0.495 e. The van der Waals surface area contributed by atoms with Crippen LogP contribution in [0.2, 0.25) is 0 Å². The number of ether oxygens (including phenoxy) is 2. The fourth-order valence-electron chi connectivity index (χ4n) is 1.72. The first-order valence-electron chi connectivity index (χ1n) is 5.74. The second-order valence-corrected chi connectivity index (χ2v) is 3.95. The Morgan fingerprint density at radius 2 is 2.17 bits per heavy atom. The quantitative estimate of drug-likeness (QED) is 0.816. The SMILES string of the molecule is COc1ccc(OCCc2ccnn2C)cc1N. The van der Waals surface area contributed by atoms with Crippen molar-refractivity contribution >= 4 is 5.69 Å². The summed E-state index contributed by atoms with van der Waals surface area (Å²) in [7, 11) is 3.51. The number of aryl methyl sites for hydroxylation is 1. The molecule has 0 bridgehead atoms. The van der Waals surface area contributed by atoms with Crippen molar-refractivity contribution < 1.29 is 9.47 Å². The van der Waals surface area contributed by atoms with Crippen LogP contribution in [0.4, 0.5) is 5.69 Å². The summed E-state index contributed by atoms with van der Waals surface area (Å²) in [6.07, 6.45) is 2.59. The van der Waals surface area contributed by atoms with Gasteiger partial charge in [0.05, 0.1) is 19.4 Å². The molecule has 1 aromatic heterocycles. The van der Waals surface area contributed by atoms with Gasteiger partial charge in [0.25, 0.3) is 0 Å². The van der Waals surface area contributed by atoms with Crippen molar-refractivity contribution in [3.05, 3.63) is 36.2 Å². The lowest BCUT2D eigenvalue weighted by atomic mass is 10.3. The van der Waals surface area contributed by atoms with Crippen LogP contribution in [0.5, 0.6) is 11.5 Å². The highest BCUT2D eigenvalue weighted by atomic mass is 16.5. The van der Waals surface area contributed by atoms with Gasteiger partial charge in [-0.25, -0.2) is 0 Å². The van der Waals surface area contributed by atoms with E-state index in [2.05, 4.69) is 5.10 Å². The van der Waals surface area contributed by atoms with Gasteiger partial charge in [0, 0.05) is 31.4 Å². The van der Waals surface area contributed by atoms with Gasteiger partial charge < -0.3 is 15.2 Å². The van der Waals surface area contributed by atoms with Crippen molar-refractivity contribution in [3.8, 4) is 11.5 Å². The van der Waals surface area contributed by atoms with Crippen LogP contribution < -0.4 is 15.2 Å². The molecule has 2 N–H and O–H groups in total. The number of anilines is 1. The monoisotopic (exact) mass is 247 g/mol. The Morgan fingerprint density at radius 1 is 1.33 bits per heavy atom. The fourth-order valence-corrected chi connectivity index (χ4v) is 1.72. The molecule has 1 aromatic carbocycles. The number of aromatic nitrogens is 2. The van der Waals surface area contributed by atoms with E-state index in [1.54, 1.807) is 25.4 Å². The Balaban J connectivity index is 1.91. The van der Waals surface area contributed by atoms with Crippen LogP contribution in [0.25, 0.3) is 0 Å². The number of hydrogen-bond donors (Lipinski definition) is 1. The Morgan fingerprint density at radius 3 is 2.78 bits per heavy atom. The van der Waals surface area contributed by atoms with Crippen molar-refractivity contribution in [2.24, 2.45) is 7.05 Å². The molecule has 0 saturated carbocycles. The zero-order chi connectivity index (χ0) is 13.0. The third kappa shape index (κ3) is 2.74. The summed E-state index contributed by atoms with van der Waals surface area (Å²) >= 11 is 0. The van der Waals surface area contributed by atoms with E-state index in [9.17, 15) is 0 Å².